The molecular weight excluding hydrogens is 299 g/mol. The first kappa shape index (κ1) is 17.1. The molecule has 0 amide bonds. The van der Waals surface area contributed by atoms with Crippen LogP contribution in [0, 0.1) is 17.4 Å². The highest BCUT2D eigenvalue weighted by Crippen LogP contribution is 2.40. The topological polar surface area (TPSA) is 99.2 Å². The van der Waals surface area contributed by atoms with E-state index in [1.807, 2.05) is 33.9 Å². The van der Waals surface area contributed by atoms with E-state index in [9.17, 15) is 4.39 Å². The first-order chi connectivity index (χ1) is 10.7. The number of halogens is 1. The van der Waals surface area contributed by atoms with Crippen molar-refractivity contribution in [3.8, 4) is 6.19 Å². The van der Waals surface area contributed by atoms with Gasteiger partial charge >= 0.3 is 0 Å². The van der Waals surface area contributed by atoms with Gasteiger partial charge in [0.05, 0.1) is 11.6 Å². The number of aromatic nitrogens is 1. The Balaban J connectivity index is 2.27. The quantitative estimate of drug-likeness (QED) is 0.214. The van der Waals surface area contributed by atoms with Gasteiger partial charge in [0, 0.05) is 18.0 Å². The maximum Gasteiger partial charge on any atom is 0.214 e. The standard InChI is InChI=1S/C15H21FN6O/c1-14(2)8-11(15(3,4)22(14)23)21-13(19-9-17)20-10-5-6-18-12(16)7-10/h5-7,11,23H,8H2,1-4H3,(H2,18,19,20,21)/p+1. The van der Waals surface area contributed by atoms with E-state index in [1.165, 1.54) is 12.3 Å². The van der Waals surface area contributed by atoms with Gasteiger partial charge in [-0.3, -0.25) is 5.32 Å². The summed E-state index contributed by atoms with van der Waals surface area (Å²) in [6, 6.07) is 2.61. The highest BCUT2D eigenvalue weighted by molar-refractivity contribution is 5.94. The van der Waals surface area contributed by atoms with Crippen LogP contribution in [-0.4, -0.2) is 38.3 Å². The Morgan fingerprint density at radius 2 is 2.22 bits per heavy atom. The van der Waals surface area contributed by atoms with Crippen LogP contribution in [0.5, 0.6) is 0 Å². The zero-order chi connectivity index (χ0) is 17.3. The van der Waals surface area contributed by atoms with Crippen LogP contribution in [0.2, 0.25) is 0 Å². The monoisotopic (exact) mass is 321 g/mol. The summed E-state index contributed by atoms with van der Waals surface area (Å²) in [6.07, 6.45) is 3.83. The summed E-state index contributed by atoms with van der Waals surface area (Å²) in [5.74, 6) is -0.395. The number of nitrogens with zero attached hydrogens (tertiary/aromatic N) is 4. The van der Waals surface area contributed by atoms with Crippen molar-refractivity contribution in [3.63, 3.8) is 0 Å². The lowest BCUT2D eigenvalue weighted by Crippen LogP contribution is -2.48. The van der Waals surface area contributed by atoms with Crippen molar-refractivity contribution in [3.05, 3.63) is 24.3 Å². The van der Waals surface area contributed by atoms with Crippen LogP contribution >= 0.6 is 0 Å². The van der Waals surface area contributed by atoms with Crippen LogP contribution in [0.4, 0.5) is 10.1 Å². The van der Waals surface area contributed by atoms with Crippen LogP contribution in [0.1, 0.15) is 34.1 Å². The third-order valence-electron chi connectivity index (χ3n) is 4.14. The van der Waals surface area contributed by atoms with Crippen LogP contribution < -0.4 is 10.6 Å². The number of nitriles is 1. The molecule has 0 bridgehead atoms. The first-order valence-electron chi connectivity index (χ1n) is 7.30. The fourth-order valence-electron chi connectivity index (χ4n) is 2.87. The molecule has 7 nitrogen and oxygen atoms in total. The minimum absolute atomic E-state index is 0.190. The van der Waals surface area contributed by atoms with Gasteiger partial charge in [0.25, 0.3) is 0 Å². The van der Waals surface area contributed by atoms with Crippen molar-refractivity contribution in [1.29, 1.82) is 5.26 Å². The predicted octanol–water partition coefficient (Wildman–Crippen LogP) is 1.33. The second kappa shape index (κ2) is 6.10. The van der Waals surface area contributed by atoms with Crippen molar-refractivity contribution < 1.29 is 9.60 Å². The summed E-state index contributed by atoms with van der Waals surface area (Å²) >= 11 is 0. The van der Waals surface area contributed by atoms with Crippen LogP contribution in [0.3, 0.4) is 0 Å². The molecule has 0 aromatic carbocycles. The molecule has 0 spiro atoms. The molecule has 1 saturated heterocycles. The third-order valence-corrected chi connectivity index (χ3v) is 4.14. The van der Waals surface area contributed by atoms with Gasteiger partial charge in [-0.15, -0.1) is 0 Å². The fourth-order valence-corrected chi connectivity index (χ4v) is 2.87. The molecule has 1 atom stereocenters. The molecule has 124 valence electrons. The fraction of sp³-hybridized carbons (Fsp3) is 0.533. The summed E-state index contributed by atoms with van der Waals surface area (Å²) in [4.78, 5) is 8.04. The van der Waals surface area contributed by atoms with E-state index in [0.29, 0.717) is 12.1 Å². The molecule has 1 aliphatic rings. The van der Waals surface area contributed by atoms with Gasteiger partial charge in [0.2, 0.25) is 11.9 Å². The largest absolute Gasteiger partial charge is 0.338 e. The van der Waals surface area contributed by atoms with Crippen molar-refractivity contribution in [1.82, 2.24) is 15.4 Å². The lowest BCUT2D eigenvalue weighted by molar-refractivity contribution is -0.193. The average molecular weight is 321 g/mol. The third kappa shape index (κ3) is 3.57. The Kier molecular flexibility index (Phi) is 4.54. The molecule has 4 N–H and O–H groups in total. The van der Waals surface area contributed by atoms with E-state index in [4.69, 9.17) is 10.5 Å². The Morgan fingerprint density at radius 3 is 2.74 bits per heavy atom. The molecule has 0 aliphatic carbocycles. The molecule has 0 saturated carbocycles. The summed E-state index contributed by atoms with van der Waals surface area (Å²) in [6.45, 7) is 7.86. The molecule has 1 aromatic rings. The van der Waals surface area contributed by atoms with Crippen LogP contribution in [-0.2, 0) is 0 Å². The van der Waals surface area contributed by atoms with Crippen molar-refractivity contribution >= 4 is 11.6 Å². The molecule has 8 heteroatoms. The number of nitrogens with one attached hydrogen (secondary N) is 2. The predicted molar refractivity (Wildman–Crippen MR) is 86.0 cm³/mol. The van der Waals surface area contributed by atoms with E-state index in [0.717, 1.165) is 0 Å². The highest BCUT2D eigenvalue weighted by atomic mass is 19.1. The molecule has 2 heterocycles. The van der Waals surface area contributed by atoms with Gasteiger partial charge in [-0.05, 0) is 40.2 Å². The van der Waals surface area contributed by atoms with Gasteiger partial charge < -0.3 is 10.5 Å². The number of aliphatic imine (C=N–C) groups is 1. The van der Waals surface area contributed by atoms with Crippen molar-refractivity contribution in [2.75, 3.05) is 5.32 Å². The Morgan fingerprint density at radius 1 is 1.52 bits per heavy atom. The Bertz CT molecular complexity index is 652. The van der Waals surface area contributed by atoms with E-state index in [-0.39, 0.29) is 17.5 Å². The average Bonchev–Trinajstić information content (AvgIpc) is 2.59. The van der Waals surface area contributed by atoms with Gasteiger partial charge in [0.1, 0.15) is 5.54 Å². The summed E-state index contributed by atoms with van der Waals surface area (Å²) in [7, 11) is 0. The normalized spacial score (nSPS) is 23.3. The minimum Gasteiger partial charge on any atom is -0.338 e. The molecule has 1 unspecified atom stereocenters. The van der Waals surface area contributed by atoms with E-state index in [1.54, 1.807) is 11.1 Å². The number of guanidine groups is 1. The highest BCUT2D eigenvalue weighted by Gasteiger charge is 2.55. The zero-order valence-electron chi connectivity index (χ0n) is 13.7. The smallest absolute Gasteiger partial charge is 0.214 e. The second-order valence-electron chi connectivity index (χ2n) is 6.73. The Labute approximate surface area is 134 Å². The summed E-state index contributed by atoms with van der Waals surface area (Å²) in [5.41, 5.74) is -0.369. The van der Waals surface area contributed by atoms with Crippen molar-refractivity contribution in [2.24, 2.45) is 4.99 Å². The molecule has 1 aliphatic heterocycles. The number of hydrogen-bond acceptors (Lipinski definition) is 4. The number of hydrogen-bond donors (Lipinski definition) is 2. The lowest BCUT2D eigenvalue weighted by atomic mass is 9.95. The number of pyridine rings is 1. The number of rotatable bonds is 2. The van der Waals surface area contributed by atoms with Crippen molar-refractivity contribution in [2.45, 2.75) is 51.2 Å². The number of anilines is 1. The molecule has 0 radical (unpaired) electrons. The SMILES string of the molecule is CC1(C)CC(N=C(NC#N)Nc2ccnc(F)c2)C(C)(C)N1[OH2+]. The zero-order valence-corrected chi connectivity index (χ0v) is 13.7. The van der Waals surface area contributed by atoms with E-state index < -0.39 is 11.5 Å². The minimum atomic E-state index is -0.619. The van der Waals surface area contributed by atoms with Gasteiger partial charge in [0.15, 0.2) is 6.19 Å². The summed E-state index contributed by atoms with van der Waals surface area (Å²) < 4.78 is 13.2. The van der Waals surface area contributed by atoms with Gasteiger partial charge in [-0.2, -0.15) is 9.65 Å². The first-order valence-corrected chi connectivity index (χ1v) is 7.30. The summed E-state index contributed by atoms with van der Waals surface area (Å²) in [5, 5.41) is 24.1. The second-order valence-corrected chi connectivity index (χ2v) is 6.73. The van der Waals surface area contributed by atoms with Crippen LogP contribution in [0.25, 0.3) is 0 Å². The maximum atomic E-state index is 13.2. The molecule has 1 fully saturated rings. The molecule has 1 aromatic heterocycles. The van der Waals surface area contributed by atoms with Crippen LogP contribution in [0.15, 0.2) is 23.3 Å². The molecule has 23 heavy (non-hydrogen) atoms. The number of hydroxylamine groups is 2. The lowest BCUT2D eigenvalue weighted by Gasteiger charge is -2.30. The molecular formula is C15H22FN6O+. The van der Waals surface area contributed by atoms with E-state index in [2.05, 4.69) is 20.6 Å². The maximum absolute atomic E-state index is 13.2. The van der Waals surface area contributed by atoms with Gasteiger partial charge in [-0.25, -0.2) is 9.98 Å². The van der Waals surface area contributed by atoms with Gasteiger partial charge in [-0.1, -0.05) is 5.06 Å². The Hall–Kier alpha value is -2.24. The van der Waals surface area contributed by atoms with E-state index >= 15 is 0 Å². The molecule has 2 rings (SSSR count).